The highest BCUT2D eigenvalue weighted by atomic mass is 35.5. The number of carbonyl (C=O) groups excluding carboxylic acids is 2. The van der Waals surface area contributed by atoms with E-state index in [4.69, 9.17) is 21.1 Å². The standard InChI is InChI=1S/C17H19ClN4O4/c1-21-5-4-15(20-21)19-17(24)10-6-16(23)22(9-10)12-7-11(18)13(25-2)8-14(12)26-3/h4-5,7-8,10H,6,9H2,1-3H3,(H,19,20,24). The number of rotatable bonds is 5. The lowest BCUT2D eigenvalue weighted by molar-refractivity contribution is -0.122. The van der Waals surface area contributed by atoms with Gasteiger partial charge < -0.3 is 19.7 Å². The lowest BCUT2D eigenvalue weighted by Crippen LogP contribution is -2.28. The summed E-state index contributed by atoms with van der Waals surface area (Å²) in [4.78, 5) is 26.4. The topological polar surface area (TPSA) is 85.7 Å². The number of methoxy groups -OCH3 is 2. The summed E-state index contributed by atoms with van der Waals surface area (Å²) < 4.78 is 12.1. The van der Waals surface area contributed by atoms with Crippen molar-refractivity contribution in [3.63, 3.8) is 0 Å². The van der Waals surface area contributed by atoms with Crippen molar-refractivity contribution >= 4 is 34.9 Å². The van der Waals surface area contributed by atoms with Crippen LogP contribution in [-0.2, 0) is 16.6 Å². The van der Waals surface area contributed by atoms with E-state index in [0.717, 1.165) is 0 Å². The fraction of sp³-hybridized carbons (Fsp3) is 0.353. The molecule has 1 aliphatic rings. The van der Waals surface area contributed by atoms with Crippen LogP contribution in [0.25, 0.3) is 0 Å². The second-order valence-corrected chi connectivity index (χ2v) is 6.34. The first kappa shape index (κ1) is 18.1. The molecule has 1 saturated heterocycles. The third-order valence-corrected chi connectivity index (χ3v) is 4.50. The first-order valence-corrected chi connectivity index (χ1v) is 8.33. The number of amides is 2. The zero-order valence-corrected chi connectivity index (χ0v) is 15.4. The van der Waals surface area contributed by atoms with Gasteiger partial charge in [-0.05, 0) is 6.07 Å². The van der Waals surface area contributed by atoms with Crippen molar-refractivity contribution in [1.82, 2.24) is 9.78 Å². The molecule has 1 fully saturated rings. The number of hydrogen-bond donors (Lipinski definition) is 1. The minimum Gasteiger partial charge on any atom is -0.495 e. The Morgan fingerprint density at radius 2 is 2.04 bits per heavy atom. The fourth-order valence-electron chi connectivity index (χ4n) is 2.88. The van der Waals surface area contributed by atoms with Gasteiger partial charge in [-0.2, -0.15) is 5.10 Å². The van der Waals surface area contributed by atoms with Crippen LogP contribution in [0.4, 0.5) is 11.5 Å². The number of nitrogens with one attached hydrogen (secondary N) is 1. The summed E-state index contributed by atoms with van der Waals surface area (Å²) in [5.74, 6) is 0.432. The van der Waals surface area contributed by atoms with Gasteiger partial charge in [0.25, 0.3) is 0 Å². The minimum absolute atomic E-state index is 0.103. The van der Waals surface area contributed by atoms with E-state index in [9.17, 15) is 9.59 Å². The van der Waals surface area contributed by atoms with Crippen molar-refractivity contribution in [2.45, 2.75) is 6.42 Å². The highest BCUT2D eigenvalue weighted by molar-refractivity contribution is 6.32. The first-order chi connectivity index (χ1) is 12.4. The molecule has 2 heterocycles. The van der Waals surface area contributed by atoms with Gasteiger partial charge in [-0.25, -0.2) is 0 Å². The SMILES string of the molecule is COc1cc(OC)c(N2CC(C(=O)Nc3ccn(C)n3)CC2=O)cc1Cl. The van der Waals surface area contributed by atoms with Gasteiger partial charge in [0.05, 0.1) is 30.8 Å². The Labute approximate surface area is 155 Å². The van der Waals surface area contributed by atoms with Crippen molar-refractivity contribution in [3.05, 3.63) is 29.4 Å². The van der Waals surface area contributed by atoms with E-state index in [1.807, 2.05) is 0 Å². The van der Waals surface area contributed by atoms with E-state index in [0.29, 0.717) is 28.0 Å². The molecule has 1 atom stereocenters. The molecule has 26 heavy (non-hydrogen) atoms. The summed E-state index contributed by atoms with van der Waals surface area (Å²) in [5, 5.41) is 7.20. The zero-order chi connectivity index (χ0) is 18.8. The highest BCUT2D eigenvalue weighted by Crippen LogP contribution is 2.40. The molecule has 2 amide bonds. The third kappa shape index (κ3) is 3.45. The van der Waals surface area contributed by atoms with Crippen molar-refractivity contribution in [3.8, 4) is 11.5 Å². The van der Waals surface area contributed by atoms with E-state index in [1.54, 1.807) is 36.1 Å². The number of benzene rings is 1. The second-order valence-electron chi connectivity index (χ2n) is 5.93. The molecule has 2 aromatic rings. The number of ether oxygens (including phenoxy) is 2. The number of hydrogen-bond acceptors (Lipinski definition) is 5. The van der Waals surface area contributed by atoms with Gasteiger partial charge in [0, 0.05) is 38.3 Å². The normalized spacial score (nSPS) is 16.7. The lowest BCUT2D eigenvalue weighted by Gasteiger charge is -2.20. The van der Waals surface area contributed by atoms with Crippen molar-refractivity contribution < 1.29 is 19.1 Å². The Bertz CT molecular complexity index is 851. The molecule has 1 aromatic carbocycles. The number of aromatic nitrogens is 2. The average Bonchev–Trinajstić information content (AvgIpc) is 3.20. The lowest BCUT2D eigenvalue weighted by atomic mass is 10.1. The van der Waals surface area contributed by atoms with Crippen LogP contribution in [0.5, 0.6) is 11.5 Å². The van der Waals surface area contributed by atoms with Gasteiger partial charge in [-0.3, -0.25) is 14.3 Å². The number of aryl methyl sites for hydroxylation is 1. The van der Waals surface area contributed by atoms with Gasteiger partial charge in [0.2, 0.25) is 11.8 Å². The van der Waals surface area contributed by atoms with Crippen LogP contribution < -0.4 is 19.7 Å². The molecule has 1 aromatic heterocycles. The third-order valence-electron chi connectivity index (χ3n) is 4.20. The molecule has 1 N–H and O–H groups in total. The Hall–Kier alpha value is -2.74. The van der Waals surface area contributed by atoms with Gasteiger partial charge in [0.1, 0.15) is 11.5 Å². The summed E-state index contributed by atoms with van der Waals surface area (Å²) in [6, 6.07) is 4.92. The van der Waals surface area contributed by atoms with Crippen LogP contribution in [0, 0.1) is 5.92 Å². The summed E-state index contributed by atoms with van der Waals surface area (Å²) in [6.07, 6.45) is 1.83. The maximum atomic E-state index is 12.5. The maximum absolute atomic E-state index is 12.5. The Balaban J connectivity index is 1.79. The molecule has 0 aliphatic carbocycles. The maximum Gasteiger partial charge on any atom is 0.231 e. The molecule has 0 bridgehead atoms. The minimum atomic E-state index is -0.491. The van der Waals surface area contributed by atoms with Crippen molar-refractivity contribution in [2.75, 3.05) is 31.0 Å². The van der Waals surface area contributed by atoms with E-state index < -0.39 is 5.92 Å². The number of carbonyl (C=O) groups is 2. The van der Waals surface area contributed by atoms with Crippen LogP contribution in [-0.4, -0.2) is 42.4 Å². The smallest absolute Gasteiger partial charge is 0.231 e. The molecule has 0 radical (unpaired) electrons. The molecule has 1 aliphatic heterocycles. The second kappa shape index (κ2) is 7.25. The Morgan fingerprint density at radius 3 is 2.65 bits per heavy atom. The van der Waals surface area contributed by atoms with Crippen molar-refractivity contribution in [2.24, 2.45) is 13.0 Å². The van der Waals surface area contributed by atoms with Crippen LogP contribution in [0.15, 0.2) is 24.4 Å². The molecule has 0 spiro atoms. The van der Waals surface area contributed by atoms with Crippen LogP contribution in [0.2, 0.25) is 5.02 Å². The predicted octanol–water partition coefficient (Wildman–Crippen LogP) is 2.08. The summed E-state index contributed by atoms with van der Waals surface area (Å²) in [5.41, 5.74) is 0.511. The van der Waals surface area contributed by atoms with Gasteiger partial charge in [-0.1, -0.05) is 11.6 Å². The van der Waals surface area contributed by atoms with E-state index in [1.165, 1.54) is 19.1 Å². The Morgan fingerprint density at radius 1 is 1.31 bits per heavy atom. The average molecular weight is 379 g/mol. The highest BCUT2D eigenvalue weighted by Gasteiger charge is 2.37. The Kier molecular flexibility index (Phi) is 5.03. The van der Waals surface area contributed by atoms with Gasteiger partial charge in [-0.15, -0.1) is 0 Å². The van der Waals surface area contributed by atoms with E-state index >= 15 is 0 Å². The van der Waals surface area contributed by atoms with Crippen LogP contribution >= 0.6 is 11.6 Å². The molecular weight excluding hydrogens is 360 g/mol. The van der Waals surface area contributed by atoms with E-state index in [-0.39, 0.29) is 24.8 Å². The fourth-order valence-corrected chi connectivity index (χ4v) is 3.12. The molecule has 138 valence electrons. The summed E-state index contributed by atoms with van der Waals surface area (Å²) >= 11 is 6.18. The quantitative estimate of drug-likeness (QED) is 0.860. The first-order valence-electron chi connectivity index (χ1n) is 7.95. The summed E-state index contributed by atoms with van der Waals surface area (Å²) in [6.45, 7) is 0.233. The number of anilines is 2. The van der Waals surface area contributed by atoms with E-state index in [2.05, 4.69) is 10.4 Å². The largest absolute Gasteiger partial charge is 0.495 e. The molecular formula is C17H19ClN4O4. The zero-order valence-electron chi connectivity index (χ0n) is 14.7. The molecule has 0 saturated carbocycles. The number of nitrogens with zero attached hydrogens (tertiary/aromatic N) is 3. The molecule has 9 heteroatoms. The van der Waals surface area contributed by atoms with Gasteiger partial charge in [0.15, 0.2) is 5.82 Å². The van der Waals surface area contributed by atoms with Gasteiger partial charge >= 0.3 is 0 Å². The molecule has 1 unspecified atom stereocenters. The molecule has 3 rings (SSSR count). The van der Waals surface area contributed by atoms with Crippen molar-refractivity contribution in [1.29, 1.82) is 0 Å². The van der Waals surface area contributed by atoms with Crippen LogP contribution in [0.1, 0.15) is 6.42 Å². The monoisotopic (exact) mass is 378 g/mol. The number of halogens is 1. The van der Waals surface area contributed by atoms with Crippen LogP contribution in [0.3, 0.4) is 0 Å². The molecule has 8 nitrogen and oxygen atoms in total. The predicted molar refractivity (Wildman–Crippen MR) is 96.9 cm³/mol. The summed E-state index contributed by atoms with van der Waals surface area (Å²) in [7, 11) is 4.76.